The average Bonchev–Trinajstić information content (AvgIpc) is 2.27. The van der Waals surface area contributed by atoms with Crippen LogP contribution in [0.5, 0.6) is 0 Å². The summed E-state index contributed by atoms with van der Waals surface area (Å²) in [6, 6.07) is -0.345. The van der Waals surface area contributed by atoms with Crippen LogP contribution in [-0.4, -0.2) is 43.9 Å². The molecular weight excluding hydrogens is 224 g/mol. The second kappa shape index (κ2) is 6.44. The van der Waals surface area contributed by atoms with Crippen LogP contribution in [-0.2, 0) is 14.3 Å². The Morgan fingerprint density at radius 2 is 2.00 bits per heavy atom. The Morgan fingerprint density at radius 3 is 2.59 bits per heavy atom. The van der Waals surface area contributed by atoms with Gasteiger partial charge in [-0.2, -0.15) is 0 Å². The number of ether oxygens (including phenoxy) is 2. The van der Waals surface area contributed by atoms with Gasteiger partial charge in [-0.3, -0.25) is 4.79 Å². The second-order valence-corrected chi connectivity index (χ2v) is 4.29. The van der Waals surface area contributed by atoms with Crippen molar-refractivity contribution in [3.8, 4) is 0 Å². The maximum absolute atomic E-state index is 11.6. The van der Waals surface area contributed by atoms with Crippen molar-refractivity contribution >= 4 is 12.0 Å². The van der Waals surface area contributed by atoms with Crippen LogP contribution in [0.15, 0.2) is 0 Å². The summed E-state index contributed by atoms with van der Waals surface area (Å²) in [5.74, 6) is -0.431. The van der Waals surface area contributed by atoms with Crippen molar-refractivity contribution in [2.24, 2.45) is 0 Å². The number of amides is 2. The number of nitrogens with one attached hydrogen (secondary N) is 2. The average molecular weight is 244 g/mol. The van der Waals surface area contributed by atoms with Crippen LogP contribution >= 0.6 is 0 Å². The monoisotopic (exact) mass is 244 g/mol. The first-order valence-electron chi connectivity index (χ1n) is 5.85. The summed E-state index contributed by atoms with van der Waals surface area (Å²) in [5, 5.41) is 5.33. The SMILES string of the molecule is CCOC(=O)CNC(=O)NC1(C)CCOCC1. The van der Waals surface area contributed by atoms with E-state index < -0.39 is 5.97 Å². The molecule has 0 spiro atoms. The normalized spacial score (nSPS) is 18.2. The summed E-state index contributed by atoms with van der Waals surface area (Å²) in [7, 11) is 0. The van der Waals surface area contributed by atoms with Crippen LogP contribution in [0, 0.1) is 0 Å². The van der Waals surface area contributed by atoms with Gasteiger partial charge in [-0.25, -0.2) is 4.79 Å². The highest BCUT2D eigenvalue weighted by Crippen LogP contribution is 2.19. The van der Waals surface area contributed by atoms with Crippen molar-refractivity contribution in [1.29, 1.82) is 0 Å². The first-order chi connectivity index (χ1) is 8.06. The van der Waals surface area contributed by atoms with E-state index in [1.165, 1.54) is 0 Å². The van der Waals surface area contributed by atoms with Gasteiger partial charge in [-0.1, -0.05) is 0 Å². The number of hydrogen-bond donors (Lipinski definition) is 2. The van der Waals surface area contributed by atoms with Gasteiger partial charge >= 0.3 is 12.0 Å². The van der Waals surface area contributed by atoms with E-state index >= 15 is 0 Å². The van der Waals surface area contributed by atoms with Crippen molar-refractivity contribution < 1.29 is 19.1 Å². The van der Waals surface area contributed by atoms with Gasteiger partial charge in [0.15, 0.2) is 0 Å². The van der Waals surface area contributed by atoms with E-state index in [0.717, 1.165) is 12.8 Å². The molecule has 6 nitrogen and oxygen atoms in total. The number of carbonyl (C=O) groups is 2. The third-order valence-corrected chi connectivity index (χ3v) is 2.71. The molecule has 1 rings (SSSR count). The number of carbonyl (C=O) groups excluding carboxylic acids is 2. The third kappa shape index (κ3) is 5.04. The molecule has 0 bridgehead atoms. The van der Waals surface area contributed by atoms with Crippen LogP contribution < -0.4 is 10.6 Å². The minimum atomic E-state index is -0.431. The highest BCUT2D eigenvalue weighted by molar-refractivity contribution is 5.81. The Bertz CT molecular complexity index is 275. The molecule has 0 atom stereocenters. The van der Waals surface area contributed by atoms with Gasteiger partial charge in [0.2, 0.25) is 0 Å². The van der Waals surface area contributed by atoms with Gasteiger partial charge < -0.3 is 20.1 Å². The standard InChI is InChI=1S/C11H20N2O4/c1-3-17-9(14)8-12-10(15)13-11(2)4-6-16-7-5-11/h3-8H2,1-2H3,(H2,12,13,15). The second-order valence-electron chi connectivity index (χ2n) is 4.29. The highest BCUT2D eigenvalue weighted by Gasteiger charge is 2.28. The topological polar surface area (TPSA) is 76.7 Å². The lowest BCUT2D eigenvalue weighted by molar-refractivity contribution is -0.141. The number of hydrogen-bond acceptors (Lipinski definition) is 4. The van der Waals surface area contributed by atoms with E-state index in [4.69, 9.17) is 9.47 Å². The number of rotatable bonds is 4. The van der Waals surface area contributed by atoms with Crippen molar-refractivity contribution in [3.05, 3.63) is 0 Å². The molecule has 2 amide bonds. The molecule has 0 aliphatic carbocycles. The lowest BCUT2D eigenvalue weighted by atomic mass is 9.93. The molecule has 1 aliphatic heterocycles. The maximum atomic E-state index is 11.6. The maximum Gasteiger partial charge on any atom is 0.325 e. The lowest BCUT2D eigenvalue weighted by Gasteiger charge is -2.34. The van der Waals surface area contributed by atoms with Crippen LogP contribution in [0.3, 0.4) is 0 Å². The fourth-order valence-corrected chi connectivity index (χ4v) is 1.63. The molecule has 0 aromatic heterocycles. The van der Waals surface area contributed by atoms with Gasteiger partial charge in [-0.15, -0.1) is 0 Å². The van der Waals surface area contributed by atoms with E-state index in [9.17, 15) is 9.59 Å². The summed E-state index contributed by atoms with van der Waals surface area (Å²) in [4.78, 5) is 22.6. The number of urea groups is 1. The zero-order valence-electron chi connectivity index (χ0n) is 10.4. The first kappa shape index (κ1) is 13.8. The fraction of sp³-hybridized carbons (Fsp3) is 0.818. The highest BCUT2D eigenvalue weighted by atomic mass is 16.5. The van der Waals surface area contributed by atoms with Gasteiger partial charge in [0.05, 0.1) is 6.61 Å². The molecule has 0 aromatic rings. The Morgan fingerprint density at radius 1 is 1.35 bits per heavy atom. The Balaban J connectivity index is 2.26. The summed E-state index contributed by atoms with van der Waals surface area (Å²) >= 11 is 0. The van der Waals surface area contributed by atoms with E-state index in [1.54, 1.807) is 6.92 Å². The minimum Gasteiger partial charge on any atom is -0.465 e. The largest absolute Gasteiger partial charge is 0.465 e. The molecule has 2 N–H and O–H groups in total. The van der Waals surface area contributed by atoms with E-state index in [1.807, 2.05) is 6.92 Å². The van der Waals surface area contributed by atoms with Crippen molar-refractivity contribution in [3.63, 3.8) is 0 Å². The first-order valence-corrected chi connectivity index (χ1v) is 5.85. The molecule has 0 aromatic carbocycles. The molecule has 1 aliphatic rings. The predicted octanol–water partition coefficient (Wildman–Crippen LogP) is 0.418. The summed E-state index contributed by atoms with van der Waals surface area (Å²) in [6.07, 6.45) is 1.56. The molecule has 1 fully saturated rings. The molecule has 98 valence electrons. The molecule has 0 saturated carbocycles. The summed E-state index contributed by atoms with van der Waals surface area (Å²) < 4.78 is 9.94. The molecule has 6 heteroatoms. The summed E-state index contributed by atoms with van der Waals surface area (Å²) in [5.41, 5.74) is -0.253. The summed E-state index contributed by atoms with van der Waals surface area (Å²) in [6.45, 7) is 5.20. The molecule has 0 radical (unpaired) electrons. The van der Waals surface area contributed by atoms with Crippen molar-refractivity contribution in [2.45, 2.75) is 32.2 Å². The van der Waals surface area contributed by atoms with E-state index in [2.05, 4.69) is 10.6 Å². The fourth-order valence-electron chi connectivity index (χ4n) is 1.63. The Hall–Kier alpha value is -1.30. The minimum absolute atomic E-state index is 0.105. The van der Waals surface area contributed by atoms with Crippen LogP contribution in [0.1, 0.15) is 26.7 Å². The predicted molar refractivity (Wildman–Crippen MR) is 61.6 cm³/mol. The van der Waals surface area contributed by atoms with E-state index in [0.29, 0.717) is 19.8 Å². The van der Waals surface area contributed by atoms with Crippen molar-refractivity contribution in [2.75, 3.05) is 26.4 Å². The Kier molecular flexibility index (Phi) is 5.21. The van der Waals surface area contributed by atoms with Crippen molar-refractivity contribution in [1.82, 2.24) is 10.6 Å². The van der Waals surface area contributed by atoms with Gasteiger partial charge in [0, 0.05) is 18.8 Å². The zero-order valence-corrected chi connectivity index (χ0v) is 10.4. The van der Waals surface area contributed by atoms with E-state index in [-0.39, 0.29) is 18.1 Å². The quantitative estimate of drug-likeness (QED) is 0.703. The molecule has 1 saturated heterocycles. The van der Waals surface area contributed by atoms with Crippen LogP contribution in [0.2, 0.25) is 0 Å². The van der Waals surface area contributed by atoms with Crippen LogP contribution in [0.25, 0.3) is 0 Å². The zero-order chi connectivity index (χ0) is 12.7. The molecule has 0 unspecified atom stereocenters. The van der Waals surface area contributed by atoms with Gasteiger partial charge in [0.25, 0.3) is 0 Å². The smallest absolute Gasteiger partial charge is 0.325 e. The Labute approximate surface area is 101 Å². The molecule has 1 heterocycles. The molecule has 17 heavy (non-hydrogen) atoms. The van der Waals surface area contributed by atoms with Gasteiger partial charge in [0.1, 0.15) is 6.54 Å². The molecular formula is C11H20N2O4. The van der Waals surface area contributed by atoms with Crippen LogP contribution in [0.4, 0.5) is 4.79 Å². The van der Waals surface area contributed by atoms with Gasteiger partial charge in [-0.05, 0) is 26.7 Å². The third-order valence-electron chi connectivity index (χ3n) is 2.71. The lowest BCUT2D eigenvalue weighted by Crippen LogP contribution is -2.53. The number of esters is 1.